The van der Waals surface area contributed by atoms with Crippen molar-refractivity contribution in [3.63, 3.8) is 0 Å². The lowest BCUT2D eigenvalue weighted by Crippen LogP contribution is -2.66. The Morgan fingerprint density at radius 2 is 2.09 bits per heavy atom. The van der Waals surface area contributed by atoms with E-state index in [1.165, 1.54) is 16.7 Å². The molecule has 3 N–H and O–H groups in total. The van der Waals surface area contributed by atoms with Crippen LogP contribution in [0.15, 0.2) is 28.7 Å². The van der Waals surface area contributed by atoms with Crippen LogP contribution in [0.25, 0.3) is 0 Å². The van der Waals surface area contributed by atoms with Gasteiger partial charge in [-0.15, -0.1) is 11.8 Å². The molecule has 0 bridgehead atoms. The summed E-state index contributed by atoms with van der Waals surface area (Å²) in [6.07, 6.45) is 0.134. The van der Waals surface area contributed by atoms with Crippen molar-refractivity contribution >= 4 is 51.2 Å². The number of imide groups is 1. The number of hydrogen-bond acceptors (Lipinski definition) is 5. The Balaban J connectivity index is 1.98. The first-order valence-electron chi connectivity index (χ1n) is 7.17. The number of anilines is 1. The predicted octanol–water partition coefficient (Wildman–Crippen LogP) is 0.988. The summed E-state index contributed by atoms with van der Waals surface area (Å²) in [6.45, 7) is 2.03. The third kappa shape index (κ3) is 4.33. The van der Waals surface area contributed by atoms with Crippen LogP contribution in [-0.2, 0) is 19.1 Å². The number of halogens is 1. The first kappa shape index (κ1) is 18.0. The second-order valence-electron chi connectivity index (χ2n) is 5.02. The van der Waals surface area contributed by atoms with Gasteiger partial charge in [-0.2, -0.15) is 0 Å². The molecule has 0 saturated carbocycles. The summed E-state index contributed by atoms with van der Waals surface area (Å²) in [5, 5.41) is -0.482. The van der Waals surface area contributed by atoms with Crippen molar-refractivity contribution in [1.29, 1.82) is 0 Å². The van der Waals surface area contributed by atoms with Crippen LogP contribution in [0, 0.1) is 0 Å². The number of ether oxygens (including phenoxy) is 1. The molecule has 2 rings (SSSR count). The number of hydrogen-bond donors (Lipinski definition) is 1. The van der Waals surface area contributed by atoms with Crippen molar-refractivity contribution in [3.8, 4) is 0 Å². The van der Waals surface area contributed by atoms with Crippen LogP contribution >= 0.6 is 27.7 Å². The summed E-state index contributed by atoms with van der Waals surface area (Å²) in [4.78, 5) is 37.3. The maximum absolute atomic E-state index is 12.4. The lowest BCUT2D eigenvalue weighted by Gasteiger charge is -2.15. The van der Waals surface area contributed by atoms with Gasteiger partial charge < -0.3 is 10.5 Å². The number of nitrogens with zero attached hydrogens (tertiary/aromatic N) is 1. The van der Waals surface area contributed by atoms with E-state index in [0.717, 1.165) is 4.47 Å². The van der Waals surface area contributed by atoms with E-state index in [4.69, 9.17) is 4.74 Å². The lowest BCUT2D eigenvalue weighted by atomic mass is 10.3. The van der Waals surface area contributed by atoms with Crippen molar-refractivity contribution in [1.82, 2.24) is 0 Å². The molecule has 1 aromatic carbocycles. The third-order valence-corrected chi connectivity index (χ3v) is 5.20. The molecule has 1 fully saturated rings. The minimum absolute atomic E-state index is 0.134. The van der Waals surface area contributed by atoms with Gasteiger partial charge >= 0.3 is 5.97 Å². The molecule has 0 aliphatic carbocycles. The van der Waals surface area contributed by atoms with Crippen LogP contribution in [0.4, 0.5) is 5.69 Å². The Morgan fingerprint density at radius 3 is 2.70 bits per heavy atom. The minimum atomic E-state index is -0.551. The zero-order valence-electron chi connectivity index (χ0n) is 12.7. The summed E-state index contributed by atoms with van der Waals surface area (Å²) in [6, 6.07) is 6.45. The van der Waals surface area contributed by atoms with Gasteiger partial charge in [0.2, 0.25) is 11.8 Å². The molecule has 2 atom stereocenters. The van der Waals surface area contributed by atoms with Gasteiger partial charge in [0.05, 0.1) is 23.3 Å². The molecule has 1 aliphatic rings. The molecule has 1 heterocycles. The second-order valence-corrected chi connectivity index (χ2v) is 7.17. The molecule has 2 amide bonds. The van der Waals surface area contributed by atoms with Gasteiger partial charge in [-0.05, 0) is 31.2 Å². The van der Waals surface area contributed by atoms with Gasteiger partial charge in [-0.1, -0.05) is 15.9 Å². The Labute approximate surface area is 146 Å². The van der Waals surface area contributed by atoms with E-state index in [2.05, 4.69) is 21.7 Å². The molecule has 1 aliphatic heterocycles. The van der Waals surface area contributed by atoms with E-state index >= 15 is 0 Å². The van der Waals surface area contributed by atoms with E-state index in [1.807, 2.05) is 0 Å². The molecule has 0 spiro atoms. The van der Waals surface area contributed by atoms with Crippen LogP contribution in [0.5, 0.6) is 0 Å². The number of carbonyl (C=O) groups excluding carboxylic acids is 3. The predicted molar refractivity (Wildman–Crippen MR) is 90.8 cm³/mol. The molecule has 23 heavy (non-hydrogen) atoms. The highest BCUT2D eigenvalue weighted by Gasteiger charge is 2.40. The lowest BCUT2D eigenvalue weighted by molar-refractivity contribution is -0.401. The monoisotopic (exact) mass is 401 g/mol. The number of amides is 2. The molecule has 6 nitrogen and oxygen atoms in total. The standard InChI is InChI=1S/C15H17BrN2O4S/c1-2-22-15(21)11(17)8-23-12-7-13(19)18(14(12)20)10-5-3-9(16)4-6-10/h3-6,11-12H,2,7-8,17H2,1H3/p+1/t11-,12+/m0/s1. The van der Waals surface area contributed by atoms with Crippen molar-refractivity contribution in [2.75, 3.05) is 17.3 Å². The molecule has 0 unspecified atom stereocenters. The summed E-state index contributed by atoms with van der Waals surface area (Å²) >= 11 is 4.60. The van der Waals surface area contributed by atoms with E-state index < -0.39 is 11.3 Å². The van der Waals surface area contributed by atoms with Crippen molar-refractivity contribution in [2.45, 2.75) is 24.6 Å². The average Bonchev–Trinajstić information content (AvgIpc) is 2.80. The Morgan fingerprint density at radius 1 is 1.43 bits per heavy atom. The van der Waals surface area contributed by atoms with Crippen LogP contribution < -0.4 is 10.6 Å². The smallest absolute Gasteiger partial charge is 0.365 e. The van der Waals surface area contributed by atoms with Crippen molar-refractivity contribution < 1.29 is 24.9 Å². The molecule has 1 saturated heterocycles. The highest BCUT2D eigenvalue weighted by Crippen LogP contribution is 2.30. The quantitative estimate of drug-likeness (QED) is 0.566. The summed E-state index contributed by atoms with van der Waals surface area (Å²) in [5.74, 6) is -0.525. The summed E-state index contributed by atoms with van der Waals surface area (Å²) in [7, 11) is 0. The van der Waals surface area contributed by atoms with Gasteiger partial charge in [-0.3, -0.25) is 9.59 Å². The molecule has 1 aromatic rings. The fourth-order valence-corrected chi connectivity index (χ4v) is 3.53. The molecule has 0 aromatic heterocycles. The summed E-state index contributed by atoms with van der Waals surface area (Å²) < 4.78 is 5.76. The van der Waals surface area contributed by atoms with Crippen LogP contribution in [0.1, 0.15) is 13.3 Å². The maximum Gasteiger partial charge on any atom is 0.365 e. The second kappa shape index (κ2) is 7.94. The summed E-state index contributed by atoms with van der Waals surface area (Å²) in [5.41, 5.74) is 4.30. The van der Waals surface area contributed by atoms with E-state index in [-0.39, 0.29) is 24.2 Å². The van der Waals surface area contributed by atoms with E-state index in [0.29, 0.717) is 18.0 Å². The zero-order valence-corrected chi connectivity index (χ0v) is 15.1. The molecule has 8 heteroatoms. The molecule has 124 valence electrons. The number of benzene rings is 1. The number of carbonyl (C=O) groups is 3. The van der Waals surface area contributed by atoms with Crippen LogP contribution in [0.3, 0.4) is 0 Å². The maximum atomic E-state index is 12.4. The van der Waals surface area contributed by atoms with Crippen molar-refractivity contribution in [3.05, 3.63) is 28.7 Å². The normalized spacial score (nSPS) is 19.1. The number of quaternary nitrogens is 1. The SMILES string of the molecule is CCOC(=O)[C@@H]([NH3+])CS[C@@H]1CC(=O)N(c2ccc(Br)cc2)C1=O. The molecule has 0 radical (unpaired) electrons. The van der Waals surface area contributed by atoms with Gasteiger partial charge in [0.25, 0.3) is 0 Å². The fourth-order valence-electron chi connectivity index (χ4n) is 2.16. The van der Waals surface area contributed by atoms with Gasteiger partial charge in [-0.25, -0.2) is 9.69 Å². The fraction of sp³-hybridized carbons (Fsp3) is 0.400. The largest absolute Gasteiger partial charge is 0.462 e. The van der Waals surface area contributed by atoms with Gasteiger partial charge in [0, 0.05) is 10.9 Å². The number of thioether (sulfide) groups is 1. The number of rotatable bonds is 6. The first-order chi connectivity index (χ1) is 10.9. The Kier molecular flexibility index (Phi) is 6.20. The van der Waals surface area contributed by atoms with Gasteiger partial charge in [0.1, 0.15) is 0 Å². The topological polar surface area (TPSA) is 91.3 Å². The Bertz CT molecular complexity index is 608. The first-order valence-corrected chi connectivity index (χ1v) is 9.02. The highest BCUT2D eigenvalue weighted by atomic mass is 79.9. The van der Waals surface area contributed by atoms with Crippen molar-refractivity contribution in [2.24, 2.45) is 0 Å². The highest BCUT2D eigenvalue weighted by molar-refractivity contribution is 9.10. The van der Waals surface area contributed by atoms with E-state index in [1.54, 1.807) is 31.2 Å². The average molecular weight is 402 g/mol. The molecular weight excluding hydrogens is 384 g/mol. The van der Waals surface area contributed by atoms with Crippen LogP contribution in [0.2, 0.25) is 0 Å². The molecular formula is C15H18BrN2O4S+. The third-order valence-electron chi connectivity index (χ3n) is 3.31. The minimum Gasteiger partial charge on any atom is -0.462 e. The van der Waals surface area contributed by atoms with Crippen LogP contribution in [-0.4, -0.2) is 41.4 Å². The number of esters is 1. The van der Waals surface area contributed by atoms with E-state index in [9.17, 15) is 14.4 Å². The zero-order chi connectivity index (χ0) is 17.0. The van der Waals surface area contributed by atoms with Gasteiger partial charge in [0.15, 0.2) is 6.04 Å². The Hall–Kier alpha value is -1.38.